The summed E-state index contributed by atoms with van der Waals surface area (Å²) in [6.07, 6.45) is 0. The minimum atomic E-state index is -0.239. The lowest BCUT2D eigenvalue weighted by atomic mass is 10.2. The Bertz CT molecular complexity index is 887. The molecule has 0 amide bonds. The summed E-state index contributed by atoms with van der Waals surface area (Å²) >= 11 is 4.39. The molecule has 1 atom stereocenters. The van der Waals surface area contributed by atoms with E-state index in [2.05, 4.69) is 11.1 Å². The maximum Gasteiger partial charge on any atom is 0.263 e. The molecule has 0 saturated heterocycles. The van der Waals surface area contributed by atoms with Crippen LogP contribution in [0.25, 0.3) is 20.7 Å². The Morgan fingerprint density at radius 3 is 2.95 bits per heavy atom. The third-order valence-electron chi connectivity index (χ3n) is 3.02. The van der Waals surface area contributed by atoms with Gasteiger partial charge in [0.15, 0.2) is 5.16 Å². The highest BCUT2D eigenvalue weighted by molar-refractivity contribution is 8.00. The van der Waals surface area contributed by atoms with Gasteiger partial charge in [-0.05, 0) is 18.4 Å². The molecule has 3 rings (SSSR count). The Morgan fingerprint density at radius 2 is 2.29 bits per heavy atom. The maximum atomic E-state index is 12.6. The second-order valence-corrected chi connectivity index (χ2v) is 7.57. The molecular weight excluding hydrogens is 322 g/mol. The minimum absolute atomic E-state index is 0.0581. The van der Waals surface area contributed by atoms with Crippen molar-refractivity contribution >= 4 is 44.7 Å². The van der Waals surface area contributed by atoms with Gasteiger partial charge in [-0.2, -0.15) is 5.26 Å². The first-order valence-electron chi connectivity index (χ1n) is 6.20. The highest BCUT2D eigenvalue weighted by atomic mass is 32.2. The molecule has 0 bridgehead atoms. The number of aromatic nitrogens is 2. The summed E-state index contributed by atoms with van der Waals surface area (Å²) in [4.78, 5) is 19.0. The van der Waals surface area contributed by atoms with Crippen LogP contribution in [0.3, 0.4) is 0 Å². The standard InChI is InChI=1S/C14H11N3OS3/c1-8(6-15)21-14-16-12-11(13(18)17(14)2)9(7-20-12)10-4-3-5-19-10/h3-5,7-8H,1-2H3/t8-/m0/s1. The van der Waals surface area contributed by atoms with Crippen LogP contribution in [0, 0.1) is 11.3 Å². The fourth-order valence-electron chi connectivity index (χ4n) is 1.96. The van der Waals surface area contributed by atoms with Crippen LogP contribution in [0.15, 0.2) is 32.8 Å². The Morgan fingerprint density at radius 1 is 1.48 bits per heavy atom. The molecule has 4 nitrogen and oxygen atoms in total. The van der Waals surface area contributed by atoms with Gasteiger partial charge in [0.2, 0.25) is 0 Å². The van der Waals surface area contributed by atoms with Gasteiger partial charge in [-0.15, -0.1) is 22.7 Å². The fourth-order valence-corrected chi connectivity index (χ4v) is 4.52. The van der Waals surface area contributed by atoms with Crippen LogP contribution in [-0.4, -0.2) is 14.8 Å². The molecule has 0 aromatic carbocycles. The lowest BCUT2D eigenvalue weighted by Crippen LogP contribution is -2.20. The van der Waals surface area contributed by atoms with Gasteiger partial charge in [0.25, 0.3) is 5.56 Å². The Balaban J connectivity index is 2.21. The van der Waals surface area contributed by atoms with Crippen LogP contribution >= 0.6 is 34.4 Å². The monoisotopic (exact) mass is 333 g/mol. The van der Waals surface area contributed by atoms with E-state index < -0.39 is 0 Å². The van der Waals surface area contributed by atoms with E-state index in [0.717, 1.165) is 15.3 Å². The molecular formula is C14H11N3OS3. The van der Waals surface area contributed by atoms with Gasteiger partial charge in [0.05, 0.1) is 16.7 Å². The van der Waals surface area contributed by atoms with Crippen molar-refractivity contribution in [3.8, 4) is 16.5 Å². The molecule has 0 aliphatic rings. The summed E-state index contributed by atoms with van der Waals surface area (Å²) < 4.78 is 1.53. The Labute approximate surface area is 133 Å². The molecule has 0 saturated carbocycles. The Kier molecular flexibility index (Phi) is 3.85. The first kappa shape index (κ1) is 14.3. The molecule has 0 N–H and O–H groups in total. The molecule has 106 valence electrons. The van der Waals surface area contributed by atoms with Gasteiger partial charge in [-0.3, -0.25) is 9.36 Å². The zero-order valence-electron chi connectivity index (χ0n) is 11.4. The van der Waals surface area contributed by atoms with E-state index in [1.54, 1.807) is 25.3 Å². The minimum Gasteiger partial charge on any atom is -0.290 e. The van der Waals surface area contributed by atoms with E-state index in [1.807, 2.05) is 22.9 Å². The maximum absolute atomic E-state index is 12.6. The highest BCUT2D eigenvalue weighted by Gasteiger charge is 2.17. The lowest BCUT2D eigenvalue weighted by Gasteiger charge is -2.08. The van der Waals surface area contributed by atoms with E-state index in [0.29, 0.717) is 10.5 Å². The van der Waals surface area contributed by atoms with Crippen molar-refractivity contribution in [2.24, 2.45) is 7.05 Å². The number of hydrogen-bond donors (Lipinski definition) is 0. The van der Waals surface area contributed by atoms with E-state index in [4.69, 9.17) is 5.26 Å². The summed E-state index contributed by atoms with van der Waals surface area (Å²) in [7, 11) is 1.71. The van der Waals surface area contributed by atoms with Gasteiger partial charge in [-0.25, -0.2) is 4.98 Å². The van der Waals surface area contributed by atoms with Crippen LogP contribution < -0.4 is 5.56 Å². The van der Waals surface area contributed by atoms with Crippen molar-refractivity contribution in [2.45, 2.75) is 17.3 Å². The quantitative estimate of drug-likeness (QED) is 0.541. The molecule has 7 heteroatoms. The van der Waals surface area contributed by atoms with Crippen LogP contribution in [0.4, 0.5) is 0 Å². The second-order valence-electron chi connectivity index (χ2n) is 4.45. The predicted octanol–water partition coefficient (Wildman–Crippen LogP) is 3.73. The third-order valence-corrected chi connectivity index (χ3v) is 5.84. The summed E-state index contributed by atoms with van der Waals surface area (Å²) in [6.45, 7) is 1.80. The average molecular weight is 333 g/mol. The molecule has 3 heterocycles. The van der Waals surface area contributed by atoms with Crippen LogP contribution in [0.1, 0.15) is 6.92 Å². The molecule has 0 radical (unpaired) electrons. The molecule has 0 fully saturated rings. The zero-order chi connectivity index (χ0) is 15.0. The van der Waals surface area contributed by atoms with E-state index in [9.17, 15) is 4.79 Å². The smallest absolute Gasteiger partial charge is 0.263 e. The number of nitrogens with zero attached hydrogens (tertiary/aromatic N) is 3. The molecule has 0 spiro atoms. The average Bonchev–Trinajstić information content (AvgIpc) is 3.12. The Hall–Kier alpha value is -1.62. The van der Waals surface area contributed by atoms with Gasteiger partial charge >= 0.3 is 0 Å². The largest absolute Gasteiger partial charge is 0.290 e. The summed E-state index contributed by atoms with van der Waals surface area (Å²) in [5, 5.41) is 13.9. The van der Waals surface area contributed by atoms with E-state index >= 15 is 0 Å². The summed E-state index contributed by atoms with van der Waals surface area (Å²) in [5.41, 5.74) is 0.889. The van der Waals surface area contributed by atoms with E-state index in [1.165, 1.54) is 27.7 Å². The van der Waals surface area contributed by atoms with Crippen molar-refractivity contribution in [3.05, 3.63) is 33.2 Å². The first-order valence-corrected chi connectivity index (χ1v) is 8.84. The number of fused-ring (bicyclic) bond motifs is 1. The normalized spacial score (nSPS) is 12.4. The van der Waals surface area contributed by atoms with Crippen molar-refractivity contribution in [2.75, 3.05) is 0 Å². The fraction of sp³-hybridized carbons (Fsp3) is 0.214. The number of rotatable bonds is 3. The van der Waals surface area contributed by atoms with E-state index in [-0.39, 0.29) is 10.8 Å². The van der Waals surface area contributed by atoms with Gasteiger partial charge in [0.1, 0.15) is 4.83 Å². The SMILES string of the molecule is C[C@@H](C#N)Sc1nc2scc(-c3cccs3)c2c(=O)n1C. The highest BCUT2D eigenvalue weighted by Crippen LogP contribution is 2.34. The first-order chi connectivity index (χ1) is 10.1. The van der Waals surface area contributed by atoms with Crippen LogP contribution in [0.5, 0.6) is 0 Å². The molecule has 21 heavy (non-hydrogen) atoms. The molecule has 3 aromatic heterocycles. The zero-order valence-corrected chi connectivity index (χ0v) is 13.8. The molecule has 0 unspecified atom stereocenters. The topological polar surface area (TPSA) is 58.7 Å². The molecule has 3 aromatic rings. The van der Waals surface area contributed by atoms with Crippen molar-refractivity contribution in [3.63, 3.8) is 0 Å². The second kappa shape index (κ2) is 5.64. The van der Waals surface area contributed by atoms with Crippen molar-refractivity contribution < 1.29 is 0 Å². The summed E-state index contributed by atoms with van der Waals surface area (Å²) in [5.74, 6) is 0. The predicted molar refractivity (Wildman–Crippen MR) is 89.1 cm³/mol. The number of thiophene rings is 2. The molecule has 0 aliphatic heterocycles. The number of hydrogen-bond acceptors (Lipinski definition) is 6. The van der Waals surface area contributed by atoms with Gasteiger partial charge < -0.3 is 0 Å². The van der Waals surface area contributed by atoms with Gasteiger partial charge in [-0.1, -0.05) is 17.8 Å². The van der Waals surface area contributed by atoms with Crippen LogP contribution in [-0.2, 0) is 7.05 Å². The van der Waals surface area contributed by atoms with Crippen molar-refractivity contribution in [1.29, 1.82) is 5.26 Å². The van der Waals surface area contributed by atoms with Crippen molar-refractivity contribution in [1.82, 2.24) is 9.55 Å². The lowest BCUT2D eigenvalue weighted by molar-refractivity contribution is 0.727. The van der Waals surface area contributed by atoms with Gasteiger partial charge in [0, 0.05) is 22.9 Å². The number of nitriles is 1. The number of thioether (sulfide) groups is 1. The molecule has 0 aliphatic carbocycles. The third kappa shape index (κ3) is 2.50. The van der Waals surface area contributed by atoms with Crippen LogP contribution in [0.2, 0.25) is 0 Å². The summed E-state index contributed by atoms with van der Waals surface area (Å²) in [6, 6.07) is 6.13.